The van der Waals surface area contributed by atoms with Gasteiger partial charge in [-0.15, -0.1) is 0 Å². The van der Waals surface area contributed by atoms with Gasteiger partial charge in [0.1, 0.15) is 11.5 Å². The van der Waals surface area contributed by atoms with Gasteiger partial charge in [0, 0.05) is 27.5 Å². The number of ether oxygens (including phenoxy) is 1. The zero-order valence-corrected chi connectivity index (χ0v) is 24.3. The normalized spacial score (nSPS) is 11.7. The Balaban J connectivity index is 1.02. The molecule has 0 aliphatic carbocycles. The highest BCUT2D eigenvalue weighted by molar-refractivity contribution is 6.04. The largest absolute Gasteiger partial charge is 0.456 e. The topological polar surface area (TPSA) is 35.0 Å². The Bertz CT molecular complexity index is 2370. The molecule has 210 valence electrons. The molecular formula is C42H26N2O. The predicted octanol–water partition coefficient (Wildman–Crippen LogP) is 11.2. The van der Waals surface area contributed by atoms with E-state index in [0.717, 1.165) is 61.7 Å². The predicted molar refractivity (Wildman–Crippen MR) is 184 cm³/mol. The Kier molecular flexibility index (Phi) is 5.82. The average molecular weight is 575 g/mol. The number of fused-ring (bicyclic) bond motifs is 3. The van der Waals surface area contributed by atoms with Crippen LogP contribution in [0.4, 0.5) is 0 Å². The van der Waals surface area contributed by atoms with Crippen LogP contribution in [0.25, 0.3) is 77.7 Å². The number of nitrogens with zero attached hydrogens (tertiary/aromatic N) is 2. The van der Waals surface area contributed by atoms with Crippen molar-refractivity contribution in [3.05, 3.63) is 158 Å². The third-order valence-corrected chi connectivity index (χ3v) is 8.70. The summed E-state index contributed by atoms with van der Waals surface area (Å²) >= 11 is 0. The van der Waals surface area contributed by atoms with Crippen LogP contribution < -0.4 is 4.74 Å². The second kappa shape index (κ2) is 10.3. The van der Waals surface area contributed by atoms with Crippen molar-refractivity contribution in [1.29, 1.82) is 0 Å². The van der Waals surface area contributed by atoms with Crippen molar-refractivity contribution in [3.63, 3.8) is 0 Å². The van der Waals surface area contributed by atoms with Crippen LogP contribution in [-0.2, 0) is 0 Å². The van der Waals surface area contributed by atoms with Crippen molar-refractivity contribution in [2.75, 3.05) is 0 Å². The summed E-state index contributed by atoms with van der Waals surface area (Å²) in [5.41, 5.74) is 11.0. The van der Waals surface area contributed by atoms with Crippen molar-refractivity contribution >= 4 is 21.7 Å². The van der Waals surface area contributed by atoms with Gasteiger partial charge in [-0.25, -0.2) is 9.97 Å². The summed E-state index contributed by atoms with van der Waals surface area (Å²) in [4.78, 5) is 9.94. The highest BCUT2D eigenvalue weighted by Gasteiger charge is 2.20. The second-order valence-corrected chi connectivity index (χ2v) is 11.4. The minimum absolute atomic E-state index is 0.726. The molecule has 3 heteroatoms. The first-order chi connectivity index (χ1) is 22.3. The molecule has 0 atom stereocenters. The number of benzene rings is 7. The SMILES string of the molecule is c1ccc(-c2nc(-c3ccc(-c4ccc(-c5ccc6c(c5)-c5cccc7cccc(c57)O6)cc4)cc3)nc3ccccc23)cc1. The molecule has 1 aliphatic rings. The molecule has 1 aliphatic heterocycles. The first-order valence-electron chi connectivity index (χ1n) is 15.2. The monoisotopic (exact) mass is 574 g/mol. The lowest BCUT2D eigenvalue weighted by Gasteiger charge is -2.22. The fourth-order valence-electron chi connectivity index (χ4n) is 6.43. The van der Waals surface area contributed by atoms with Gasteiger partial charge < -0.3 is 4.74 Å². The lowest BCUT2D eigenvalue weighted by atomic mass is 9.92. The van der Waals surface area contributed by atoms with Crippen LogP contribution in [0.2, 0.25) is 0 Å². The zero-order chi connectivity index (χ0) is 29.7. The quantitative estimate of drug-likeness (QED) is 0.210. The highest BCUT2D eigenvalue weighted by atomic mass is 16.5. The van der Waals surface area contributed by atoms with Gasteiger partial charge in [0.15, 0.2) is 5.82 Å². The van der Waals surface area contributed by atoms with Gasteiger partial charge in [0.05, 0.1) is 11.2 Å². The summed E-state index contributed by atoms with van der Waals surface area (Å²) in [6.07, 6.45) is 0. The maximum absolute atomic E-state index is 6.30. The maximum atomic E-state index is 6.30. The number of para-hydroxylation sites is 1. The van der Waals surface area contributed by atoms with Crippen LogP contribution in [0.15, 0.2) is 158 Å². The average Bonchev–Trinajstić information content (AvgIpc) is 3.12. The minimum Gasteiger partial charge on any atom is -0.456 e. The molecule has 0 N–H and O–H groups in total. The molecule has 45 heavy (non-hydrogen) atoms. The molecule has 0 saturated carbocycles. The molecule has 1 aromatic heterocycles. The van der Waals surface area contributed by atoms with Crippen LogP contribution in [-0.4, -0.2) is 9.97 Å². The maximum Gasteiger partial charge on any atom is 0.160 e. The molecule has 0 radical (unpaired) electrons. The number of rotatable bonds is 4. The smallest absolute Gasteiger partial charge is 0.160 e. The van der Waals surface area contributed by atoms with E-state index in [1.165, 1.54) is 27.5 Å². The lowest BCUT2D eigenvalue weighted by molar-refractivity contribution is 0.487. The molecule has 0 saturated heterocycles. The fraction of sp³-hybridized carbons (Fsp3) is 0. The highest BCUT2D eigenvalue weighted by Crippen LogP contribution is 2.47. The summed E-state index contributed by atoms with van der Waals surface area (Å²) < 4.78 is 6.30. The number of hydrogen-bond donors (Lipinski definition) is 0. The number of aromatic nitrogens is 2. The van der Waals surface area contributed by atoms with E-state index >= 15 is 0 Å². The standard InChI is InChI=1S/C42H26N2O/c1-2-8-31(9-3-1)41-35-12-4-5-14-37(35)43-42(44-41)32-22-20-28(21-23-32)27-16-18-29(19-17-27)33-24-25-38-36(26-33)34-13-6-10-30-11-7-15-39(45-38)40(30)34/h1-26H. The van der Waals surface area contributed by atoms with Crippen LogP contribution in [0.3, 0.4) is 0 Å². The lowest BCUT2D eigenvalue weighted by Crippen LogP contribution is -1.97. The summed E-state index contributed by atoms with van der Waals surface area (Å²) in [6, 6.07) is 55.0. The van der Waals surface area contributed by atoms with Crippen molar-refractivity contribution in [1.82, 2.24) is 9.97 Å². The van der Waals surface area contributed by atoms with Crippen LogP contribution in [0, 0.1) is 0 Å². The molecule has 0 amide bonds. The Hall–Kier alpha value is -6.06. The van der Waals surface area contributed by atoms with Crippen molar-refractivity contribution in [3.8, 4) is 67.5 Å². The summed E-state index contributed by atoms with van der Waals surface area (Å²) in [6.45, 7) is 0. The van der Waals surface area contributed by atoms with Gasteiger partial charge in [-0.1, -0.05) is 133 Å². The van der Waals surface area contributed by atoms with Gasteiger partial charge >= 0.3 is 0 Å². The van der Waals surface area contributed by atoms with E-state index in [9.17, 15) is 0 Å². The van der Waals surface area contributed by atoms with Crippen molar-refractivity contribution in [2.45, 2.75) is 0 Å². The molecular weight excluding hydrogens is 548 g/mol. The molecule has 2 heterocycles. The van der Waals surface area contributed by atoms with E-state index in [1.807, 2.05) is 36.4 Å². The molecule has 0 unspecified atom stereocenters. The van der Waals surface area contributed by atoms with Crippen LogP contribution in [0.5, 0.6) is 11.5 Å². The van der Waals surface area contributed by atoms with E-state index in [1.54, 1.807) is 0 Å². The molecule has 0 spiro atoms. The molecule has 0 fully saturated rings. The fourth-order valence-corrected chi connectivity index (χ4v) is 6.43. The van der Waals surface area contributed by atoms with Gasteiger partial charge in [-0.2, -0.15) is 0 Å². The first-order valence-corrected chi connectivity index (χ1v) is 15.2. The minimum atomic E-state index is 0.726. The molecule has 0 bridgehead atoms. The number of hydrogen-bond acceptors (Lipinski definition) is 3. The van der Waals surface area contributed by atoms with Gasteiger partial charge in [0.2, 0.25) is 0 Å². The van der Waals surface area contributed by atoms with E-state index in [2.05, 4.69) is 121 Å². The van der Waals surface area contributed by atoms with Crippen LogP contribution in [0.1, 0.15) is 0 Å². The van der Waals surface area contributed by atoms with E-state index in [0.29, 0.717) is 0 Å². The van der Waals surface area contributed by atoms with Gasteiger partial charge in [-0.3, -0.25) is 0 Å². The molecule has 9 rings (SSSR count). The third kappa shape index (κ3) is 4.37. The Morgan fingerprint density at radius 2 is 1.04 bits per heavy atom. The van der Waals surface area contributed by atoms with E-state index in [4.69, 9.17) is 14.7 Å². The Labute approximate surface area is 261 Å². The van der Waals surface area contributed by atoms with Crippen molar-refractivity contribution < 1.29 is 4.74 Å². The molecule has 8 aromatic rings. The third-order valence-electron chi connectivity index (χ3n) is 8.70. The zero-order valence-electron chi connectivity index (χ0n) is 24.3. The Morgan fingerprint density at radius 1 is 0.400 bits per heavy atom. The van der Waals surface area contributed by atoms with Crippen LogP contribution >= 0.6 is 0 Å². The van der Waals surface area contributed by atoms with Gasteiger partial charge in [0.25, 0.3) is 0 Å². The summed E-state index contributed by atoms with van der Waals surface area (Å²) in [5.74, 6) is 2.54. The van der Waals surface area contributed by atoms with E-state index < -0.39 is 0 Å². The van der Waals surface area contributed by atoms with Gasteiger partial charge in [-0.05, 0) is 57.5 Å². The van der Waals surface area contributed by atoms with E-state index in [-0.39, 0.29) is 0 Å². The molecule has 3 nitrogen and oxygen atoms in total. The molecule has 7 aromatic carbocycles. The second-order valence-electron chi connectivity index (χ2n) is 11.4. The van der Waals surface area contributed by atoms with Crippen molar-refractivity contribution in [2.24, 2.45) is 0 Å². The summed E-state index contributed by atoms with van der Waals surface area (Å²) in [5, 5.41) is 3.42. The first kappa shape index (κ1) is 25.4. The Morgan fingerprint density at radius 3 is 1.82 bits per heavy atom. The summed E-state index contributed by atoms with van der Waals surface area (Å²) in [7, 11) is 0.